The van der Waals surface area contributed by atoms with Gasteiger partial charge in [-0.05, 0) is 35.1 Å². The number of hydrogen-bond acceptors (Lipinski definition) is 5. The van der Waals surface area contributed by atoms with Crippen LogP contribution >= 0.6 is 0 Å². The molecule has 6 heteroatoms. The molecular weight excluding hydrogens is 412 g/mol. The van der Waals surface area contributed by atoms with Crippen LogP contribution in [0.5, 0.6) is 5.75 Å². The Balaban J connectivity index is 1.65. The van der Waals surface area contributed by atoms with Gasteiger partial charge in [0.15, 0.2) is 0 Å². The maximum absolute atomic E-state index is 13.0. The van der Waals surface area contributed by atoms with Crippen molar-refractivity contribution in [1.82, 2.24) is 10.2 Å². The van der Waals surface area contributed by atoms with Crippen LogP contribution in [0, 0.1) is 5.41 Å². The standard InChI is InChI=1S/C27H34N4O2/c1-20(28)24-17-30-25(18-29-24)33-23-12-10-22(11-13-23)19-31(26(32)16-27(2,3)4)15-14-21-8-6-5-7-9-21/h5-13,17,29H,1,14-16,18-19,28H2,2-4H3. The Morgan fingerprint density at radius 1 is 1.12 bits per heavy atom. The average Bonchev–Trinajstić information content (AvgIpc) is 2.77. The van der Waals surface area contributed by atoms with Gasteiger partial charge < -0.3 is 20.7 Å². The normalized spacial score (nSPS) is 13.4. The Bertz CT molecular complexity index is 1020. The fraction of sp³-hybridized carbons (Fsp3) is 0.333. The molecule has 0 bridgehead atoms. The quantitative estimate of drug-likeness (QED) is 0.630. The second-order valence-electron chi connectivity index (χ2n) is 9.48. The predicted molar refractivity (Wildman–Crippen MR) is 134 cm³/mol. The Morgan fingerprint density at radius 3 is 2.39 bits per heavy atom. The molecule has 0 aliphatic carbocycles. The highest BCUT2D eigenvalue weighted by Crippen LogP contribution is 2.22. The first kappa shape index (κ1) is 24.1. The highest BCUT2D eigenvalue weighted by atomic mass is 16.5. The van der Waals surface area contributed by atoms with Crippen LogP contribution in [-0.4, -0.2) is 29.8 Å². The van der Waals surface area contributed by atoms with Gasteiger partial charge in [-0.25, -0.2) is 4.99 Å². The molecule has 1 amide bonds. The van der Waals surface area contributed by atoms with Gasteiger partial charge in [-0.3, -0.25) is 4.79 Å². The van der Waals surface area contributed by atoms with E-state index < -0.39 is 0 Å². The maximum atomic E-state index is 13.0. The van der Waals surface area contributed by atoms with E-state index in [9.17, 15) is 4.79 Å². The minimum absolute atomic E-state index is 0.0564. The van der Waals surface area contributed by atoms with Gasteiger partial charge >= 0.3 is 0 Å². The monoisotopic (exact) mass is 446 g/mol. The molecule has 0 radical (unpaired) electrons. The highest BCUT2D eigenvalue weighted by molar-refractivity contribution is 5.82. The summed E-state index contributed by atoms with van der Waals surface area (Å²) in [6, 6.07) is 18.1. The Labute approximate surface area is 196 Å². The number of nitrogens with one attached hydrogen (secondary N) is 1. The lowest BCUT2D eigenvalue weighted by Gasteiger charge is -2.27. The molecule has 0 saturated heterocycles. The fourth-order valence-corrected chi connectivity index (χ4v) is 3.44. The highest BCUT2D eigenvalue weighted by Gasteiger charge is 2.21. The lowest BCUT2D eigenvalue weighted by Crippen LogP contribution is -2.34. The molecule has 3 N–H and O–H groups in total. The lowest BCUT2D eigenvalue weighted by molar-refractivity contribution is -0.133. The van der Waals surface area contributed by atoms with E-state index >= 15 is 0 Å². The Kier molecular flexibility index (Phi) is 7.93. The van der Waals surface area contributed by atoms with Crippen LogP contribution in [0.25, 0.3) is 0 Å². The SMILES string of the molecule is C=C(N)C1=CN=C(Oc2ccc(CN(CCc3ccccc3)C(=O)CC(C)(C)C)cc2)CN1. The van der Waals surface area contributed by atoms with Crippen molar-refractivity contribution < 1.29 is 9.53 Å². The van der Waals surface area contributed by atoms with Gasteiger partial charge in [0.2, 0.25) is 11.8 Å². The van der Waals surface area contributed by atoms with E-state index in [1.54, 1.807) is 6.20 Å². The Morgan fingerprint density at radius 2 is 1.82 bits per heavy atom. The molecular formula is C27H34N4O2. The summed E-state index contributed by atoms with van der Waals surface area (Å²) in [5.41, 5.74) is 9.04. The third-order valence-electron chi connectivity index (χ3n) is 5.19. The summed E-state index contributed by atoms with van der Waals surface area (Å²) in [5, 5.41) is 3.12. The van der Waals surface area contributed by atoms with E-state index in [0.29, 0.717) is 49.1 Å². The van der Waals surface area contributed by atoms with Crippen LogP contribution in [0.4, 0.5) is 0 Å². The van der Waals surface area contributed by atoms with Crippen molar-refractivity contribution in [3.63, 3.8) is 0 Å². The fourth-order valence-electron chi connectivity index (χ4n) is 3.44. The van der Waals surface area contributed by atoms with E-state index in [0.717, 1.165) is 12.0 Å². The van der Waals surface area contributed by atoms with Crippen LogP contribution in [0.2, 0.25) is 0 Å². The van der Waals surface area contributed by atoms with Crippen LogP contribution < -0.4 is 15.8 Å². The van der Waals surface area contributed by atoms with E-state index in [1.807, 2.05) is 47.4 Å². The molecule has 1 heterocycles. The Hall–Kier alpha value is -3.54. The number of rotatable bonds is 8. The van der Waals surface area contributed by atoms with Crippen LogP contribution in [0.1, 0.15) is 38.3 Å². The molecule has 0 spiro atoms. The zero-order valence-electron chi connectivity index (χ0n) is 19.8. The van der Waals surface area contributed by atoms with Gasteiger partial charge in [0.25, 0.3) is 0 Å². The van der Waals surface area contributed by atoms with Crippen LogP contribution in [-0.2, 0) is 17.8 Å². The third kappa shape index (κ3) is 7.83. The van der Waals surface area contributed by atoms with E-state index in [-0.39, 0.29) is 11.3 Å². The summed E-state index contributed by atoms with van der Waals surface area (Å²) in [6.07, 6.45) is 2.96. The summed E-state index contributed by atoms with van der Waals surface area (Å²) in [4.78, 5) is 19.3. The summed E-state index contributed by atoms with van der Waals surface area (Å²) in [5.74, 6) is 1.42. The van der Waals surface area contributed by atoms with Gasteiger partial charge in [-0.1, -0.05) is 69.8 Å². The molecule has 0 fully saturated rings. The number of benzene rings is 2. The molecule has 1 aliphatic rings. The van der Waals surface area contributed by atoms with Gasteiger partial charge in [-0.15, -0.1) is 0 Å². The van der Waals surface area contributed by atoms with Gasteiger partial charge in [-0.2, -0.15) is 0 Å². The van der Waals surface area contributed by atoms with Crippen molar-refractivity contribution >= 4 is 11.8 Å². The summed E-state index contributed by atoms with van der Waals surface area (Å²) in [7, 11) is 0. The first-order chi connectivity index (χ1) is 15.7. The second kappa shape index (κ2) is 10.9. The third-order valence-corrected chi connectivity index (χ3v) is 5.19. The summed E-state index contributed by atoms with van der Waals surface area (Å²) < 4.78 is 5.85. The number of nitrogens with two attached hydrogens (primary N) is 1. The van der Waals surface area contributed by atoms with Crippen molar-refractivity contribution in [2.75, 3.05) is 13.1 Å². The zero-order valence-corrected chi connectivity index (χ0v) is 19.8. The zero-order chi connectivity index (χ0) is 23.8. The van der Waals surface area contributed by atoms with E-state index in [4.69, 9.17) is 10.5 Å². The van der Waals surface area contributed by atoms with Crippen LogP contribution in [0.15, 0.2) is 83.8 Å². The average molecular weight is 447 g/mol. The lowest BCUT2D eigenvalue weighted by atomic mass is 9.91. The van der Waals surface area contributed by atoms with Crippen molar-refractivity contribution in [3.05, 3.63) is 89.9 Å². The predicted octanol–water partition coefficient (Wildman–Crippen LogP) is 4.39. The number of nitrogens with zero attached hydrogens (tertiary/aromatic N) is 2. The van der Waals surface area contributed by atoms with Crippen molar-refractivity contribution in [1.29, 1.82) is 0 Å². The van der Waals surface area contributed by atoms with Gasteiger partial charge in [0.1, 0.15) is 5.75 Å². The molecule has 3 rings (SSSR count). The largest absolute Gasteiger partial charge is 0.441 e. The number of hydrogen-bond donors (Lipinski definition) is 2. The molecule has 1 aliphatic heterocycles. The van der Waals surface area contributed by atoms with Crippen molar-refractivity contribution in [3.8, 4) is 5.75 Å². The minimum Gasteiger partial charge on any atom is -0.441 e. The number of amides is 1. The molecule has 2 aromatic carbocycles. The number of carbonyl (C=O) groups is 1. The molecule has 174 valence electrons. The molecule has 33 heavy (non-hydrogen) atoms. The van der Waals surface area contributed by atoms with Crippen molar-refractivity contribution in [2.24, 2.45) is 16.1 Å². The topological polar surface area (TPSA) is 80.0 Å². The number of carbonyl (C=O) groups excluding carboxylic acids is 1. The van der Waals surface area contributed by atoms with Gasteiger partial charge in [0.05, 0.1) is 18.4 Å². The van der Waals surface area contributed by atoms with E-state index in [1.165, 1.54) is 5.56 Å². The number of ether oxygens (including phenoxy) is 1. The summed E-state index contributed by atoms with van der Waals surface area (Å²) in [6.45, 7) is 11.7. The van der Waals surface area contributed by atoms with Crippen molar-refractivity contribution in [2.45, 2.75) is 40.2 Å². The molecule has 0 unspecified atom stereocenters. The maximum Gasteiger partial charge on any atom is 0.223 e. The van der Waals surface area contributed by atoms with E-state index in [2.05, 4.69) is 49.8 Å². The molecule has 0 aromatic heterocycles. The van der Waals surface area contributed by atoms with Crippen LogP contribution in [0.3, 0.4) is 0 Å². The van der Waals surface area contributed by atoms with Gasteiger partial charge in [0, 0.05) is 25.2 Å². The molecule has 0 saturated carbocycles. The number of aliphatic imine (C=N–C) groups is 1. The molecule has 2 aromatic rings. The molecule has 0 atom stereocenters. The minimum atomic E-state index is -0.0564. The first-order valence-electron chi connectivity index (χ1n) is 11.2. The second-order valence-corrected chi connectivity index (χ2v) is 9.48. The summed E-state index contributed by atoms with van der Waals surface area (Å²) >= 11 is 0. The smallest absolute Gasteiger partial charge is 0.223 e. The first-order valence-corrected chi connectivity index (χ1v) is 11.2. The molecule has 6 nitrogen and oxygen atoms in total.